The summed E-state index contributed by atoms with van der Waals surface area (Å²) in [5.41, 5.74) is 4.95. The van der Waals surface area contributed by atoms with E-state index in [1.807, 2.05) is 44.2 Å². The van der Waals surface area contributed by atoms with Crippen LogP contribution < -0.4 is 5.43 Å². The first-order chi connectivity index (χ1) is 9.59. The van der Waals surface area contributed by atoms with Gasteiger partial charge in [-0.05, 0) is 24.5 Å². The molecular weight excluding hydrogens is 252 g/mol. The van der Waals surface area contributed by atoms with Crippen molar-refractivity contribution in [2.24, 2.45) is 11.0 Å². The predicted octanol–water partition coefficient (Wildman–Crippen LogP) is 3.38. The molecule has 0 atom stereocenters. The second kappa shape index (κ2) is 6.19. The molecule has 0 saturated carbocycles. The zero-order valence-electron chi connectivity index (χ0n) is 11.9. The van der Waals surface area contributed by atoms with Crippen LogP contribution in [0.25, 0.3) is 0 Å². The first kappa shape index (κ1) is 14.1. The van der Waals surface area contributed by atoms with Crippen LogP contribution in [0.2, 0.25) is 0 Å². The molecule has 0 saturated heterocycles. The summed E-state index contributed by atoms with van der Waals surface area (Å²) in [6.45, 7) is 5.83. The molecular formula is C16H18N2O2. The summed E-state index contributed by atoms with van der Waals surface area (Å²) in [4.78, 5) is 12.0. The maximum Gasteiger partial charge on any atom is 0.274 e. The Morgan fingerprint density at radius 1 is 1.20 bits per heavy atom. The standard InChI is InChI=1S/C16H18N2O2/c1-11(2)15(13-7-5-4-6-8-13)17-18-16(19)14-9-10-20-12(14)3/h4-11H,1-3H3,(H,18,19). The molecule has 1 aromatic heterocycles. The lowest BCUT2D eigenvalue weighted by Crippen LogP contribution is -2.22. The van der Waals surface area contributed by atoms with Crippen molar-refractivity contribution >= 4 is 11.6 Å². The number of amides is 1. The van der Waals surface area contributed by atoms with Crippen LogP contribution >= 0.6 is 0 Å². The molecule has 4 nitrogen and oxygen atoms in total. The summed E-state index contributed by atoms with van der Waals surface area (Å²) < 4.78 is 5.12. The zero-order chi connectivity index (χ0) is 14.5. The van der Waals surface area contributed by atoms with E-state index in [2.05, 4.69) is 10.5 Å². The monoisotopic (exact) mass is 270 g/mol. The van der Waals surface area contributed by atoms with Crippen LogP contribution in [-0.2, 0) is 0 Å². The van der Waals surface area contributed by atoms with Crippen LogP contribution in [-0.4, -0.2) is 11.6 Å². The largest absolute Gasteiger partial charge is 0.469 e. The van der Waals surface area contributed by atoms with E-state index in [4.69, 9.17) is 4.42 Å². The molecule has 0 radical (unpaired) electrons. The Labute approximate surface area is 118 Å². The van der Waals surface area contributed by atoms with Crippen molar-refractivity contribution in [3.8, 4) is 0 Å². The normalized spacial score (nSPS) is 11.7. The summed E-state index contributed by atoms with van der Waals surface area (Å²) in [5, 5.41) is 4.27. The van der Waals surface area contributed by atoms with Gasteiger partial charge in [-0.1, -0.05) is 44.2 Å². The molecule has 0 aliphatic carbocycles. The van der Waals surface area contributed by atoms with Gasteiger partial charge in [0.2, 0.25) is 0 Å². The molecule has 2 rings (SSSR count). The second-order valence-corrected chi connectivity index (χ2v) is 4.85. The van der Waals surface area contributed by atoms with Crippen LogP contribution in [0.1, 0.15) is 35.5 Å². The third-order valence-electron chi connectivity index (χ3n) is 3.00. The van der Waals surface area contributed by atoms with Gasteiger partial charge in [-0.3, -0.25) is 4.79 Å². The minimum Gasteiger partial charge on any atom is -0.469 e. The van der Waals surface area contributed by atoms with Crippen molar-refractivity contribution in [3.63, 3.8) is 0 Å². The molecule has 20 heavy (non-hydrogen) atoms. The SMILES string of the molecule is Cc1occc1C(=O)NN=C(c1ccccc1)C(C)C. The Kier molecular flexibility index (Phi) is 4.35. The average molecular weight is 270 g/mol. The zero-order valence-corrected chi connectivity index (χ0v) is 11.9. The lowest BCUT2D eigenvalue weighted by molar-refractivity contribution is 0.0953. The van der Waals surface area contributed by atoms with Gasteiger partial charge in [0.15, 0.2) is 0 Å². The molecule has 0 bridgehead atoms. The van der Waals surface area contributed by atoms with E-state index in [1.54, 1.807) is 13.0 Å². The lowest BCUT2D eigenvalue weighted by atomic mass is 10.0. The number of furan rings is 1. The molecule has 0 fully saturated rings. The molecule has 2 aromatic rings. The van der Waals surface area contributed by atoms with Gasteiger partial charge in [-0.25, -0.2) is 5.43 Å². The molecule has 1 N–H and O–H groups in total. The van der Waals surface area contributed by atoms with Crippen molar-refractivity contribution in [1.82, 2.24) is 5.43 Å². The Bertz CT molecular complexity index is 612. The van der Waals surface area contributed by atoms with Gasteiger partial charge in [0.1, 0.15) is 5.76 Å². The van der Waals surface area contributed by atoms with Gasteiger partial charge in [-0.15, -0.1) is 0 Å². The van der Waals surface area contributed by atoms with Gasteiger partial charge in [0, 0.05) is 0 Å². The lowest BCUT2D eigenvalue weighted by Gasteiger charge is -2.10. The van der Waals surface area contributed by atoms with Gasteiger partial charge in [0.05, 0.1) is 17.5 Å². The third kappa shape index (κ3) is 3.15. The minimum absolute atomic E-state index is 0.211. The highest BCUT2D eigenvalue weighted by atomic mass is 16.3. The maximum absolute atomic E-state index is 12.0. The van der Waals surface area contributed by atoms with Crippen LogP contribution in [0.5, 0.6) is 0 Å². The number of hydrazone groups is 1. The summed E-state index contributed by atoms with van der Waals surface area (Å²) in [6.07, 6.45) is 1.49. The van der Waals surface area contributed by atoms with Crippen molar-refractivity contribution in [1.29, 1.82) is 0 Å². The van der Waals surface area contributed by atoms with E-state index in [-0.39, 0.29) is 11.8 Å². The number of nitrogens with one attached hydrogen (secondary N) is 1. The van der Waals surface area contributed by atoms with E-state index in [9.17, 15) is 4.79 Å². The number of nitrogens with zero attached hydrogens (tertiary/aromatic N) is 1. The van der Waals surface area contributed by atoms with Crippen LogP contribution in [0.3, 0.4) is 0 Å². The molecule has 1 heterocycles. The molecule has 1 amide bonds. The Morgan fingerprint density at radius 3 is 2.45 bits per heavy atom. The minimum atomic E-state index is -0.259. The predicted molar refractivity (Wildman–Crippen MR) is 78.7 cm³/mol. The summed E-state index contributed by atoms with van der Waals surface area (Å²) in [7, 11) is 0. The fraction of sp³-hybridized carbons (Fsp3) is 0.250. The molecule has 0 unspecified atom stereocenters. The van der Waals surface area contributed by atoms with Gasteiger partial charge in [-0.2, -0.15) is 5.10 Å². The number of rotatable bonds is 4. The fourth-order valence-corrected chi connectivity index (χ4v) is 1.93. The first-order valence-electron chi connectivity index (χ1n) is 6.57. The average Bonchev–Trinajstić information content (AvgIpc) is 2.86. The first-order valence-corrected chi connectivity index (χ1v) is 6.57. The fourth-order valence-electron chi connectivity index (χ4n) is 1.93. The molecule has 0 aliphatic heterocycles. The van der Waals surface area contributed by atoms with E-state index in [0.29, 0.717) is 11.3 Å². The quantitative estimate of drug-likeness (QED) is 0.684. The highest BCUT2D eigenvalue weighted by Crippen LogP contribution is 2.11. The van der Waals surface area contributed by atoms with Gasteiger partial charge in [0.25, 0.3) is 5.91 Å². The molecule has 0 aliphatic rings. The van der Waals surface area contributed by atoms with Gasteiger partial charge >= 0.3 is 0 Å². The molecule has 0 spiro atoms. The number of aryl methyl sites for hydroxylation is 1. The van der Waals surface area contributed by atoms with Crippen LogP contribution in [0.4, 0.5) is 0 Å². The number of carbonyl (C=O) groups is 1. The highest BCUT2D eigenvalue weighted by molar-refractivity contribution is 6.03. The van der Waals surface area contributed by atoms with Crippen molar-refractivity contribution in [3.05, 3.63) is 59.5 Å². The Hall–Kier alpha value is -2.36. The third-order valence-corrected chi connectivity index (χ3v) is 3.00. The van der Waals surface area contributed by atoms with Crippen molar-refractivity contribution in [2.75, 3.05) is 0 Å². The number of benzene rings is 1. The number of hydrogen-bond acceptors (Lipinski definition) is 3. The molecule has 1 aromatic carbocycles. The molecule has 104 valence electrons. The number of carbonyl (C=O) groups excluding carboxylic acids is 1. The van der Waals surface area contributed by atoms with E-state index >= 15 is 0 Å². The van der Waals surface area contributed by atoms with Crippen molar-refractivity contribution < 1.29 is 9.21 Å². The topological polar surface area (TPSA) is 54.6 Å². The van der Waals surface area contributed by atoms with E-state index in [1.165, 1.54) is 6.26 Å². The summed E-state index contributed by atoms with van der Waals surface area (Å²) in [5.74, 6) is 0.539. The Balaban J connectivity index is 2.19. The van der Waals surface area contributed by atoms with E-state index < -0.39 is 0 Å². The van der Waals surface area contributed by atoms with Crippen LogP contribution in [0.15, 0.2) is 52.2 Å². The second-order valence-electron chi connectivity index (χ2n) is 4.85. The van der Waals surface area contributed by atoms with E-state index in [0.717, 1.165) is 11.3 Å². The Morgan fingerprint density at radius 2 is 1.90 bits per heavy atom. The van der Waals surface area contributed by atoms with Crippen LogP contribution in [0, 0.1) is 12.8 Å². The molecule has 4 heteroatoms. The van der Waals surface area contributed by atoms with Gasteiger partial charge < -0.3 is 4.42 Å². The number of hydrogen-bond donors (Lipinski definition) is 1. The summed E-state index contributed by atoms with van der Waals surface area (Å²) in [6, 6.07) is 11.5. The van der Waals surface area contributed by atoms with Crippen molar-refractivity contribution in [2.45, 2.75) is 20.8 Å². The highest BCUT2D eigenvalue weighted by Gasteiger charge is 2.13. The smallest absolute Gasteiger partial charge is 0.274 e. The summed E-state index contributed by atoms with van der Waals surface area (Å²) >= 11 is 0. The maximum atomic E-state index is 12.0.